The van der Waals surface area contributed by atoms with E-state index in [1.165, 1.54) is 12.1 Å². The smallest absolute Gasteiger partial charge is 0.299 e. The first-order chi connectivity index (χ1) is 9.99. The van der Waals surface area contributed by atoms with Crippen LogP contribution in [0.3, 0.4) is 0 Å². The van der Waals surface area contributed by atoms with Gasteiger partial charge in [-0.15, -0.1) is 0 Å². The molecule has 1 rings (SSSR count). The predicted octanol–water partition coefficient (Wildman–Crippen LogP) is 4.13. The molecular formula is C14H21N3O4. The van der Waals surface area contributed by atoms with E-state index in [2.05, 4.69) is 19.2 Å². The van der Waals surface area contributed by atoms with E-state index in [9.17, 15) is 20.2 Å². The normalized spacial score (nSPS) is 11.9. The summed E-state index contributed by atoms with van der Waals surface area (Å²) in [6.45, 7) is 4.85. The number of non-ortho nitro benzene ring substituents is 1. The number of nitro benzene ring substituents is 2. The Morgan fingerprint density at radius 2 is 1.90 bits per heavy atom. The molecule has 0 radical (unpaired) electrons. The first kappa shape index (κ1) is 16.9. The summed E-state index contributed by atoms with van der Waals surface area (Å²) in [5.74, 6) is 0.444. The van der Waals surface area contributed by atoms with Crippen LogP contribution in [-0.4, -0.2) is 16.4 Å². The van der Waals surface area contributed by atoms with Crippen molar-refractivity contribution in [3.05, 3.63) is 38.4 Å². The Morgan fingerprint density at radius 3 is 2.43 bits per heavy atom. The molecule has 0 aromatic heterocycles. The van der Waals surface area contributed by atoms with Crippen LogP contribution in [0.2, 0.25) is 0 Å². The van der Waals surface area contributed by atoms with Crippen LogP contribution in [0.25, 0.3) is 0 Å². The fourth-order valence-corrected chi connectivity index (χ4v) is 2.13. The maximum Gasteiger partial charge on any atom is 0.299 e. The molecule has 0 heterocycles. The highest BCUT2D eigenvalue weighted by Crippen LogP contribution is 2.29. The standard InChI is InChI=1S/C14H21N3O4/c1-3-5-6-11(4-2)10-15-13-8-7-12(16(18)19)9-14(13)17(20)21/h7-9,11,15H,3-6,10H2,1-2H3. The zero-order valence-corrected chi connectivity index (χ0v) is 12.4. The fourth-order valence-electron chi connectivity index (χ4n) is 2.13. The van der Waals surface area contributed by atoms with Gasteiger partial charge in [-0.25, -0.2) is 0 Å². The lowest BCUT2D eigenvalue weighted by Crippen LogP contribution is -2.14. The summed E-state index contributed by atoms with van der Waals surface area (Å²) in [5, 5.41) is 24.8. The number of nitrogens with one attached hydrogen (secondary N) is 1. The molecule has 116 valence electrons. The predicted molar refractivity (Wildman–Crippen MR) is 81.5 cm³/mol. The molecule has 0 aliphatic heterocycles. The van der Waals surface area contributed by atoms with Crippen molar-refractivity contribution < 1.29 is 9.85 Å². The molecule has 0 aliphatic rings. The zero-order chi connectivity index (χ0) is 15.8. The SMILES string of the molecule is CCCCC(CC)CNc1ccc([N+](=O)[O-])cc1[N+](=O)[O-]. The molecule has 0 aliphatic carbocycles. The van der Waals surface area contributed by atoms with E-state index in [1.54, 1.807) is 0 Å². The van der Waals surface area contributed by atoms with E-state index in [4.69, 9.17) is 0 Å². The molecule has 1 aromatic rings. The summed E-state index contributed by atoms with van der Waals surface area (Å²) in [7, 11) is 0. The maximum absolute atomic E-state index is 11.0. The van der Waals surface area contributed by atoms with Gasteiger partial charge in [0, 0.05) is 12.6 Å². The molecule has 0 amide bonds. The number of unbranched alkanes of at least 4 members (excludes halogenated alkanes) is 1. The lowest BCUT2D eigenvalue weighted by atomic mass is 9.99. The number of benzene rings is 1. The second-order valence-electron chi connectivity index (χ2n) is 5.01. The number of anilines is 1. The van der Waals surface area contributed by atoms with E-state index in [0.717, 1.165) is 31.7 Å². The van der Waals surface area contributed by atoms with Crippen LogP contribution < -0.4 is 5.32 Å². The van der Waals surface area contributed by atoms with Crippen LogP contribution in [-0.2, 0) is 0 Å². The average molecular weight is 295 g/mol. The Bertz CT molecular complexity index is 505. The third kappa shape index (κ3) is 5.02. The maximum atomic E-state index is 11.0. The lowest BCUT2D eigenvalue weighted by molar-refractivity contribution is -0.393. The van der Waals surface area contributed by atoms with Gasteiger partial charge in [0.25, 0.3) is 11.4 Å². The highest BCUT2D eigenvalue weighted by atomic mass is 16.6. The molecule has 0 fully saturated rings. The van der Waals surface area contributed by atoms with Crippen molar-refractivity contribution in [2.45, 2.75) is 39.5 Å². The van der Waals surface area contributed by atoms with E-state index < -0.39 is 9.85 Å². The van der Waals surface area contributed by atoms with Gasteiger partial charge in [-0.05, 0) is 18.4 Å². The number of nitro groups is 2. The minimum atomic E-state index is -0.632. The summed E-state index contributed by atoms with van der Waals surface area (Å²) >= 11 is 0. The highest BCUT2D eigenvalue weighted by molar-refractivity contribution is 5.65. The summed E-state index contributed by atoms with van der Waals surface area (Å²) in [6.07, 6.45) is 4.31. The Morgan fingerprint density at radius 1 is 1.19 bits per heavy atom. The Kier molecular flexibility index (Phi) is 6.58. The van der Waals surface area contributed by atoms with Crippen LogP contribution in [0.4, 0.5) is 17.1 Å². The molecule has 1 unspecified atom stereocenters. The van der Waals surface area contributed by atoms with E-state index >= 15 is 0 Å². The second-order valence-corrected chi connectivity index (χ2v) is 5.01. The van der Waals surface area contributed by atoms with Crippen LogP contribution in [0.5, 0.6) is 0 Å². The van der Waals surface area contributed by atoms with E-state index in [-0.39, 0.29) is 11.4 Å². The Hall–Kier alpha value is -2.18. The summed E-state index contributed by atoms with van der Waals surface area (Å²) in [6, 6.07) is 3.68. The van der Waals surface area contributed by atoms with Crippen molar-refractivity contribution in [1.29, 1.82) is 0 Å². The summed E-state index contributed by atoms with van der Waals surface area (Å²) in [5.41, 5.74) is -0.194. The van der Waals surface area contributed by atoms with Crippen molar-refractivity contribution in [3.8, 4) is 0 Å². The minimum absolute atomic E-state index is 0.255. The van der Waals surface area contributed by atoms with E-state index in [0.29, 0.717) is 18.2 Å². The van der Waals surface area contributed by atoms with Gasteiger partial charge in [-0.1, -0.05) is 33.1 Å². The van der Waals surface area contributed by atoms with Crippen molar-refractivity contribution in [1.82, 2.24) is 0 Å². The molecule has 1 aromatic carbocycles. The van der Waals surface area contributed by atoms with E-state index in [1.807, 2.05) is 0 Å². The van der Waals surface area contributed by atoms with Gasteiger partial charge in [-0.2, -0.15) is 0 Å². The van der Waals surface area contributed by atoms with Crippen molar-refractivity contribution in [2.75, 3.05) is 11.9 Å². The molecular weight excluding hydrogens is 274 g/mol. The molecule has 7 heteroatoms. The lowest BCUT2D eigenvalue weighted by Gasteiger charge is -2.16. The summed E-state index contributed by atoms with van der Waals surface area (Å²) < 4.78 is 0. The van der Waals surface area contributed by atoms with Gasteiger partial charge in [0.2, 0.25) is 0 Å². The number of rotatable bonds is 9. The van der Waals surface area contributed by atoms with Crippen LogP contribution in [0, 0.1) is 26.1 Å². The third-order valence-electron chi connectivity index (χ3n) is 3.51. The Labute approximate surface area is 123 Å². The van der Waals surface area contributed by atoms with Crippen LogP contribution >= 0.6 is 0 Å². The van der Waals surface area contributed by atoms with Crippen molar-refractivity contribution in [2.24, 2.45) is 5.92 Å². The fraction of sp³-hybridized carbons (Fsp3) is 0.571. The molecule has 0 saturated carbocycles. The summed E-state index contributed by atoms with van der Waals surface area (Å²) in [4.78, 5) is 20.5. The molecule has 0 spiro atoms. The monoisotopic (exact) mass is 295 g/mol. The molecule has 0 saturated heterocycles. The van der Waals surface area contributed by atoms with Gasteiger partial charge in [0.05, 0.1) is 15.9 Å². The number of hydrogen-bond acceptors (Lipinski definition) is 5. The van der Waals surface area contributed by atoms with Crippen molar-refractivity contribution >= 4 is 17.1 Å². The third-order valence-corrected chi connectivity index (χ3v) is 3.51. The van der Waals surface area contributed by atoms with Gasteiger partial charge >= 0.3 is 0 Å². The minimum Gasteiger partial charge on any atom is -0.379 e. The number of hydrogen-bond donors (Lipinski definition) is 1. The van der Waals surface area contributed by atoms with Crippen LogP contribution in [0.15, 0.2) is 18.2 Å². The molecule has 1 N–H and O–H groups in total. The average Bonchev–Trinajstić information content (AvgIpc) is 2.47. The molecule has 1 atom stereocenters. The topological polar surface area (TPSA) is 98.3 Å². The Balaban J connectivity index is 2.82. The van der Waals surface area contributed by atoms with Gasteiger partial charge in [0.1, 0.15) is 5.69 Å². The largest absolute Gasteiger partial charge is 0.379 e. The second kappa shape index (κ2) is 8.18. The van der Waals surface area contributed by atoms with Gasteiger partial charge < -0.3 is 5.32 Å². The van der Waals surface area contributed by atoms with Crippen LogP contribution in [0.1, 0.15) is 39.5 Å². The van der Waals surface area contributed by atoms with Crippen molar-refractivity contribution in [3.63, 3.8) is 0 Å². The van der Waals surface area contributed by atoms with Gasteiger partial charge in [-0.3, -0.25) is 20.2 Å². The molecule has 7 nitrogen and oxygen atoms in total. The zero-order valence-electron chi connectivity index (χ0n) is 12.4. The number of nitrogens with zero attached hydrogens (tertiary/aromatic N) is 2. The van der Waals surface area contributed by atoms with Gasteiger partial charge in [0.15, 0.2) is 0 Å². The molecule has 21 heavy (non-hydrogen) atoms. The highest BCUT2D eigenvalue weighted by Gasteiger charge is 2.19. The first-order valence-corrected chi connectivity index (χ1v) is 7.16. The molecule has 0 bridgehead atoms. The first-order valence-electron chi connectivity index (χ1n) is 7.16. The quantitative estimate of drug-likeness (QED) is 0.545.